The minimum Gasteiger partial charge on any atom is -0.344 e. The molecule has 0 bridgehead atoms. The van der Waals surface area contributed by atoms with Crippen LogP contribution in [0.3, 0.4) is 0 Å². The van der Waals surface area contributed by atoms with Gasteiger partial charge in [0.2, 0.25) is 5.78 Å². The van der Waals surface area contributed by atoms with Crippen LogP contribution in [0.4, 0.5) is 0 Å². The molecule has 5 nitrogen and oxygen atoms in total. The number of nitrogens with one attached hydrogen (secondary N) is 1. The van der Waals surface area contributed by atoms with Crippen LogP contribution in [0.2, 0.25) is 0 Å². The molecule has 5 heteroatoms. The van der Waals surface area contributed by atoms with Crippen molar-refractivity contribution in [3.8, 4) is 0 Å². The van der Waals surface area contributed by atoms with E-state index >= 15 is 0 Å². The molecule has 0 radical (unpaired) electrons. The molecule has 0 spiro atoms. The molecule has 0 aromatic carbocycles. The van der Waals surface area contributed by atoms with Crippen LogP contribution in [0, 0.1) is 0 Å². The number of carbonyl (C=O) groups excluding carboxylic acids is 2. The van der Waals surface area contributed by atoms with Gasteiger partial charge in [0.1, 0.15) is 0 Å². The summed E-state index contributed by atoms with van der Waals surface area (Å²) in [6.07, 6.45) is 1.83. The molecule has 0 fully saturated rings. The summed E-state index contributed by atoms with van der Waals surface area (Å²) < 4.78 is 1.76. The maximum atomic E-state index is 10.9. The van der Waals surface area contributed by atoms with Gasteiger partial charge in [0.25, 0.3) is 5.91 Å². The smallest absolute Gasteiger partial charge is 0.287 e. The molecule has 0 aliphatic heterocycles. The summed E-state index contributed by atoms with van der Waals surface area (Å²) in [7, 11) is 0. The predicted octanol–water partition coefficient (Wildman–Crippen LogP) is 0.108. The number of Topliss-reactive ketones (excluding diaryl/α,β-unsaturated/α-hetero) is 1. The molecular weight excluding hydrogens is 182 g/mol. The lowest BCUT2D eigenvalue weighted by Gasteiger charge is -1.98. The van der Waals surface area contributed by atoms with E-state index in [-0.39, 0.29) is 0 Å². The predicted molar refractivity (Wildman–Crippen MR) is 50.4 cm³/mol. The van der Waals surface area contributed by atoms with Gasteiger partial charge in [-0.25, -0.2) is 0 Å². The lowest BCUT2D eigenvalue weighted by Crippen LogP contribution is -2.28. The zero-order valence-corrected chi connectivity index (χ0v) is 8.28. The number of ketones is 1. The van der Waals surface area contributed by atoms with Gasteiger partial charge in [-0.15, -0.1) is 0 Å². The van der Waals surface area contributed by atoms with Crippen LogP contribution in [0.15, 0.2) is 12.3 Å². The van der Waals surface area contributed by atoms with E-state index < -0.39 is 11.7 Å². The van der Waals surface area contributed by atoms with Crippen molar-refractivity contribution >= 4 is 11.7 Å². The lowest BCUT2D eigenvalue weighted by atomic mass is 10.4. The molecule has 0 aliphatic rings. The summed E-state index contributed by atoms with van der Waals surface area (Å²) in [6.45, 7) is 4.30. The third-order valence-electron chi connectivity index (χ3n) is 1.77. The van der Waals surface area contributed by atoms with Gasteiger partial charge in [-0.05, 0) is 13.0 Å². The molecule has 0 saturated heterocycles. The first kappa shape index (κ1) is 10.4. The Morgan fingerprint density at radius 3 is 2.79 bits per heavy atom. The largest absolute Gasteiger partial charge is 0.344 e. The first-order valence-electron chi connectivity index (χ1n) is 4.44. The van der Waals surface area contributed by atoms with Gasteiger partial charge in [-0.2, -0.15) is 5.10 Å². The van der Waals surface area contributed by atoms with Gasteiger partial charge in [-0.1, -0.05) is 0 Å². The van der Waals surface area contributed by atoms with Crippen molar-refractivity contribution < 1.29 is 9.59 Å². The number of carbonyl (C=O) groups is 2. The van der Waals surface area contributed by atoms with Crippen LogP contribution < -0.4 is 5.32 Å². The minimum absolute atomic E-state index is 0.297. The molecule has 0 aliphatic carbocycles. The highest BCUT2D eigenvalue weighted by Gasteiger charge is 2.06. The molecule has 0 unspecified atom stereocenters. The Morgan fingerprint density at radius 2 is 2.29 bits per heavy atom. The number of hydrogen-bond acceptors (Lipinski definition) is 3. The van der Waals surface area contributed by atoms with Crippen molar-refractivity contribution in [1.29, 1.82) is 0 Å². The van der Waals surface area contributed by atoms with Gasteiger partial charge in [0, 0.05) is 19.7 Å². The third-order valence-corrected chi connectivity index (χ3v) is 1.77. The lowest BCUT2D eigenvalue weighted by molar-refractivity contribution is -0.136. The van der Waals surface area contributed by atoms with Crippen molar-refractivity contribution in [2.75, 3.05) is 0 Å². The Morgan fingerprint density at radius 1 is 1.57 bits per heavy atom. The number of aromatic nitrogens is 2. The van der Waals surface area contributed by atoms with Gasteiger partial charge < -0.3 is 5.32 Å². The van der Waals surface area contributed by atoms with Crippen molar-refractivity contribution in [3.05, 3.63) is 18.0 Å². The summed E-state index contributed by atoms with van der Waals surface area (Å²) in [5.41, 5.74) is 0.751. The van der Waals surface area contributed by atoms with Gasteiger partial charge in [-0.3, -0.25) is 14.3 Å². The molecule has 14 heavy (non-hydrogen) atoms. The fourth-order valence-electron chi connectivity index (χ4n) is 0.969. The molecule has 1 amide bonds. The van der Waals surface area contributed by atoms with Crippen molar-refractivity contribution in [1.82, 2.24) is 15.1 Å². The molecule has 1 aromatic heterocycles. The second-order valence-corrected chi connectivity index (χ2v) is 2.90. The Kier molecular flexibility index (Phi) is 3.39. The summed E-state index contributed by atoms with van der Waals surface area (Å²) in [6, 6.07) is 1.81. The zero-order valence-electron chi connectivity index (χ0n) is 8.28. The Balaban J connectivity index is 2.45. The topological polar surface area (TPSA) is 64.0 Å². The highest BCUT2D eigenvalue weighted by atomic mass is 16.2. The number of aryl methyl sites for hydroxylation is 1. The molecule has 0 saturated carbocycles. The zero-order chi connectivity index (χ0) is 10.6. The molecule has 76 valence electrons. The Hall–Kier alpha value is -1.65. The average molecular weight is 195 g/mol. The van der Waals surface area contributed by atoms with E-state index in [1.54, 1.807) is 4.68 Å². The van der Waals surface area contributed by atoms with Crippen LogP contribution in [-0.2, 0) is 22.7 Å². The molecule has 0 atom stereocenters. The quantitative estimate of drug-likeness (QED) is 0.693. The van der Waals surface area contributed by atoms with Crippen molar-refractivity contribution in [2.24, 2.45) is 0 Å². The van der Waals surface area contributed by atoms with E-state index in [0.717, 1.165) is 12.2 Å². The summed E-state index contributed by atoms with van der Waals surface area (Å²) in [5, 5.41) is 6.62. The van der Waals surface area contributed by atoms with E-state index in [4.69, 9.17) is 0 Å². The summed E-state index contributed by atoms with van der Waals surface area (Å²) in [5.74, 6) is -1.06. The number of rotatable bonds is 4. The highest BCUT2D eigenvalue weighted by molar-refractivity contribution is 6.35. The second kappa shape index (κ2) is 4.55. The Labute approximate surface area is 82.1 Å². The maximum Gasteiger partial charge on any atom is 0.287 e. The van der Waals surface area contributed by atoms with Crippen LogP contribution in [0.1, 0.15) is 19.5 Å². The monoisotopic (exact) mass is 195 g/mol. The Bertz CT molecular complexity index is 344. The van der Waals surface area contributed by atoms with E-state index in [2.05, 4.69) is 10.4 Å². The summed E-state index contributed by atoms with van der Waals surface area (Å²) >= 11 is 0. The van der Waals surface area contributed by atoms with E-state index in [9.17, 15) is 9.59 Å². The molecule has 1 N–H and O–H groups in total. The van der Waals surface area contributed by atoms with E-state index in [1.807, 2.05) is 19.2 Å². The van der Waals surface area contributed by atoms with Crippen LogP contribution in [0.5, 0.6) is 0 Å². The highest BCUT2D eigenvalue weighted by Crippen LogP contribution is 1.94. The normalized spacial score (nSPS) is 9.86. The van der Waals surface area contributed by atoms with Crippen LogP contribution in [0.25, 0.3) is 0 Å². The van der Waals surface area contributed by atoms with Crippen LogP contribution >= 0.6 is 0 Å². The van der Waals surface area contributed by atoms with Gasteiger partial charge in [0.15, 0.2) is 0 Å². The summed E-state index contributed by atoms with van der Waals surface area (Å²) in [4.78, 5) is 21.5. The van der Waals surface area contributed by atoms with Gasteiger partial charge >= 0.3 is 0 Å². The minimum atomic E-state index is -0.573. The van der Waals surface area contributed by atoms with Crippen molar-refractivity contribution in [3.63, 3.8) is 0 Å². The standard InChI is InChI=1S/C9H13N3O2/c1-3-12-5-4-8(11-12)6-10-9(14)7(2)13/h4-5H,3,6H2,1-2H3,(H,10,14). The number of nitrogens with zero attached hydrogens (tertiary/aromatic N) is 2. The van der Waals surface area contributed by atoms with E-state index in [1.165, 1.54) is 6.92 Å². The van der Waals surface area contributed by atoms with Crippen molar-refractivity contribution in [2.45, 2.75) is 26.9 Å². The fourth-order valence-corrected chi connectivity index (χ4v) is 0.969. The van der Waals surface area contributed by atoms with Crippen LogP contribution in [-0.4, -0.2) is 21.5 Å². The number of amides is 1. The fraction of sp³-hybridized carbons (Fsp3) is 0.444. The number of hydrogen-bond donors (Lipinski definition) is 1. The van der Waals surface area contributed by atoms with Gasteiger partial charge in [0.05, 0.1) is 12.2 Å². The molecular formula is C9H13N3O2. The maximum absolute atomic E-state index is 10.9. The first-order chi connectivity index (χ1) is 6.63. The molecule has 1 rings (SSSR count). The average Bonchev–Trinajstić information content (AvgIpc) is 2.61. The van der Waals surface area contributed by atoms with E-state index in [0.29, 0.717) is 6.54 Å². The molecule has 1 aromatic rings. The third kappa shape index (κ3) is 2.69. The first-order valence-corrected chi connectivity index (χ1v) is 4.44. The second-order valence-electron chi connectivity index (χ2n) is 2.90. The molecule has 1 heterocycles. The SMILES string of the molecule is CCn1ccc(CNC(=O)C(C)=O)n1.